The molecule has 5 nitrogen and oxygen atoms in total. The van der Waals surface area contributed by atoms with Crippen molar-refractivity contribution in [2.75, 3.05) is 14.2 Å². The van der Waals surface area contributed by atoms with Gasteiger partial charge in [-0.05, 0) is 51.2 Å². The molecule has 27 heavy (non-hydrogen) atoms. The minimum Gasteiger partial charge on any atom is -0.504 e. The van der Waals surface area contributed by atoms with Gasteiger partial charge in [0.25, 0.3) is 0 Å². The van der Waals surface area contributed by atoms with Crippen molar-refractivity contribution in [1.29, 1.82) is 0 Å². The third-order valence-electron chi connectivity index (χ3n) is 4.97. The summed E-state index contributed by atoms with van der Waals surface area (Å²) >= 11 is 1.29. The predicted molar refractivity (Wildman–Crippen MR) is 112 cm³/mol. The van der Waals surface area contributed by atoms with E-state index in [0.717, 1.165) is 6.42 Å². The molecular weight excluding hydrogens is 364 g/mol. The zero-order valence-corrected chi connectivity index (χ0v) is 18.8. The van der Waals surface area contributed by atoms with E-state index >= 15 is 0 Å². The van der Waals surface area contributed by atoms with Gasteiger partial charge in [-0.15, -0.1) is 0 Å². The summed E-state index contributed by atoms with van der Waals surface area (Å²) in [6.07, 6.45) is 1.15. The van der Waals surface area contributed by atoms with E-state index in [1.165, 1.54) is 26.0 Å². The van der Waals surface area contributed by atoms with E-state index in [9.17, 15) is 9.90 Å². The highest BCUT2D eigenvalue weighted by Gasteiger charge is 2.36. The summed E-state index contributed by atoms with van der Waals surface area (Å²) in [5.74, 6) is 0.865. The van der Waals surface area contributed by atoms with Crippen molar-refractivity contribution >= 4 is 16.9 Å². The number of hydrogen-bond donors (Lipinski definition) is 1. The molecule has 0 bridgehead atoms. The summed E-state index contributed by atoms with van der Waals surface area (Å²) < 4.78 is 16.6. The average molecular weight is 399 g/mol. The monoisotopic (exact) mass is 398 g/mol. The highest BCUT2D eigenvalue weighted by atomic mass is 32.2. The van der Waals surface area contributed by atoms with Gasteiger partial charge in [-0.3, -0.25) is 4.79 Å². The third kappa shape index (κ3) is 4.91. The van der Waals surface area contributed by atoms with Crippen LogP contribution in [0.4, 0.5) is 0 Å². The highest BCUT2D eigenvalue weighted by Crippen LogP contribution is 2.46. The normalized spacial score (nSPS) is 24.6. The summed E-state index contributed by atoms with van der Waals surface area (Å²) in [4.78, 5) is 13.1. The Morgan fingerprint density at radius 1 is 1.07 bits per heavy atom. The molecule has 2 rings (SSSR count). The van der Waals surface area contributed by atoms with E-state index in [0.29, 0.717) is 22.6 Å². The molecule has 1 heterocycles. The van der Waals surface area contributed by atoms with Gasteiger partial charge in [-0.1, -0.05) is 32.5 Å². The largest absolute Gasteiger partial charge is 0.504 e. The molecule has 4 atom stereocenters. The number of aromatic hydroxyl groups is 1. The molecular formula is C21H34O5S. The molecule has 154 valence electrons. The summed E-state index contributed by atoms with van der Waals surface area (Å²) in [5, 5.41) is 10.3. The number of phenols is 1. The second-order valence-electron chi connectivity index (χ2n) is 6.77. The van der Waals surface area contributed by atoms with Gasteiger partial charge in [-0.25, -0.2) is 0 Å². The van der Waals surface area contributed by atoms with Gasteiger partial charge in [0, 0.05) is 5.25 Å². The zero-order valence-electron chi connectivity index (χ0n) is 18.0. The molecule has 0 aromatic heterocycles. The lowest BCUT2D eigenvalue weighted by atomic mass is 9.94. The minimum atomic E-state index is -0.0856. The Hall–Kier alpha value is -1.40. The molecule has 0 saturated carbocycles. The number of ether oxygens (including phenoxy) is 3. The number of carbonyl (C=O) groups excluding carboxylic acids is 1. The molecule has 1 aromatic rings. The lowest BCUT2D eigenvalue weighted by Gasteiger charge is -2.37. The van der Waals surface area contributed by atoms with E-state index in [-0.39, 0.29) is 39.8 Å². The minimum absolute atomic E-state index is 0.000825. The molecule has 1 aromatic carbocycles. The van der Waals surface area contributed by atoms with Crippen LogP contribution in [-0.4, -0.2) is 41.9 Å². The van der Waals surface area contributed by atoms with E-state index in [1.54, 1.807) is 6.92 Å². The second-order valence-corrected chi connectivity index (χ2v) is 7.93. The van der Waals surface area contributed by atoms with Crippen LogP contribution >= 0.6 is 11.8 Å². The SMILES string of the molecule is CC.COc1c(O)c(C)c(C)c(C(=O)S[C@H]2C(C)C[C@H](C)O[C@@H]2C)c1OC. The Morgan fingerprint density at radius 2 is 1.63 bits per heavy atom. The molecule has 1 aliphatic heterocycles. The first-order chi connectivity index (χ1) is 12.7. The Labute approximate surface area is 167 Å². The Balaban J connectivity index is 0.00000176. The lowest BCUT2D eigenvalue weighted by molar-refractivity contribution is -0.0434. The number of phenolic OH excluding ortho intramolecular Hbond substituents is 1. The molecule has 6 heteroatoms. The fourth-order valence-electron chi connectivity index (χ4n) is 3.57. The van der Waals surface area contributed by atoms with Crippen molar-refractivity contribution in [2.45, 2.75) is 72.3 Å². The third-order valence-corrected chi connectivity index (χ3v) is 6.51. The molecule has 1 unspecified atom stereocenters. The first kappa shape index (κ1) is 23.6. The first-order valence-electron chi connectivity index (χ1n) is 9.53. The maximum Gasteiger partial charge on any atom is 0.223 e. The molecule has 0 spiro atoms. The molecule has 0 radical (unpaired) electrons. The van der Waals surface area contributed by atoms with Crippen LogP contribution in [-0.2, 0) is 4.74 Å². The van der Waals surface area contributed by atoms with E-state index in [4.69, 9.17) is 14.2 Å². The van der Waals surface area contributed by atoms with E-state index in [1.807, 2.05) is 27.7 Å². The molecule has 0 amide bonds. The van der Waals surface area contributed by atoms with E-state index in [2.05, 4.69) is 13.8 Å². The average Bonchev–Trinajstić information content (AvgIpc) is 2.63. The van der Waals surface area contributed by atoms with Crippen LogP contribution in [0.2, 0.25) is 0 Å². The smallest absolute Gasteiger partial charge is 0.223 e. The maximum atomic E-state index is 13.1. The molecule has 1 aliphatic rings. The van der Waals surface area contributed by atoms with Crippen LogP contribution in [0.15, 0.2) is 0 Å². The van der Waals surface area contributed by atoms with Crippen LogP contribution in [0.1, 0.15) is 62.5 Å². The van der Waals surface area contributed by atoms with Crippen LogP contribution in [0.5, 0.6) is 17.2 Å². The number of benzene rings is 1. The van der Waals surface area contributed by atoms with Crippen molar-refractivity contribution in [1.82, 2.24) is 0 Å². The molecule has 1 saturated heterocycles. The molecule has 0 aliphatic carbocycles. The number of thioether (sulfide) groups is 1. The van der Waals surface area contributed by atoms with Gasteiger partial charge < -0.3 is 19.3 Å². The van der Waals surface area contributed by atoms with Gasteiger partial charge in [0.2, 0.25) is 10.9 Å². The van der Waals surface area contributed by atoms with E-state index < -0.39 is 0 Å². The van der Waals surface area contributed by atoms with Crippen molar-refractivity contribution in [3.8, 4) is 17.2 Å². The maximum absolute atomic E-state index is 13.1. The Morgan fingerprint density at radius 3 is 2.11 bits per heavy atom. The zero-order chi connectivity index (χ0) is 20.9. The van der Waals surface area contributed by atoms with Gasteiger partial charge in [0.15, 0.2) is 11.5 Å². The fraction of sp³-hybridized carbons (Fsp3) is 0.667. The van der Waals surface area contributed by atoms with Gasteiger partial charge in [0.05, 0.1) is 32.0 Å². The quantitative estimate of drug-likeness (QED) is 0.759. The van der Waals surface area contributed by atoms with Crippen molar-refractivity contribution in [3.63, 3.8) is 0 Å². The number of rotatable bonds is 4. The summed E-state index contributed by atoms with van der Waals surface area (Å²) in [6.45, 7) is 13.8. The number of carbonyl (C=O) groups is 1. The van der Waals surface area contributed by atoms with Gasteiger partial charge in [-0.2, -0.15) is 0 Å². The van der Waals surface area contributed by atoms with Gasteiger partial charge >= 0.3 is 0 Å². The summed E-state index contributed by atoms with van der Waals surface area (Å²) in [6, 6.07) is 0. The highest BCUT2D eigenvalue weighted by molar-refractivity contribution is 8.14. The van der Waals surface area contributed by atoms with Crippen molar-refractivity contribution in [2.24, 2.45) is 5.92 Å². The topological polar surface area (TPSA) is 65.0 Å². The predicted octanol–water partition coefficient (Wildman–Crippen LogP) is 5.13. The van der Waals surface area contributed by atoms with Crippen molar-refractivity contribution in [3.05, 3.63) is 16.7 Å². The van der Waals surface area contributed by atoms with Crippen LogP contribution in [0, 0.1) is 19.8 Å². The number of methoxy groups -OCH3 is 2. The molecule has 1 N–H and O–H groups in total. The van der Waals surface area contributed by atoms with Crippen molar-refractivity contribution < 1.29 is 24.1 Å². The second kappa shape index (κ2) is 10.2. The fourth-order valence-corrected chi connectivity index (χ4v) is 4.78. The number of hydrogen-bond acceptors (Lipinski definition) is 6. The van der Waals surface area contributed by atoms with Crippen LogP contribution < -0.4 is 9.47 Å². The van der Waals surface area contributed by atoms with Crippen LogP contribution in [0.25, 0.3) is 0 Å². The lowest BCUT2D eigenvalue weighted by Crippen LogP contribution is -2.40. The Kier molecular flexibility index (Phi) is 8.95. The van der Waals surface area contributed by atoms with Gasteiger partial charge in [0.1, 0.15) is 0 Å². The molecule has 1 fully saturated rings. The standard InChI is InChI=1S/C19H28O5S.C2H6/c1-9-8-10(2)24-13(5)18(9)25-19(21)14-11(3)12(4)15(20)17(23-7)16(14)22-6;1-2/h9-10,13,18,20H,8H2,1-7H3;1-2H3/t9?,10-,13+,18-;/m0./s1. The summed E-state index contributed by atoms with van der Waals surface area (Å²) in [5.41, 5.74) is 1.78. The van der Waals surface area contributed by atoms with Crippen LogP contribution in [0.3, 0.4) is 0 Å². The first-order valence-corrected chi connectivity index (χ1v) is 10.4. The Bertz CT molecular complexity index is 647. The summed E-state index contributed by atoms with van der Waals surface area (Å²) in [7, 11) is 2.93.